The van der Waals surface area contributed by atoms with E-state index in [4.69, 9.17) is 0 Å². The number of aromatic nitrogens is 1. The summed E-state index contributed by atoms with van der Waals surface area (Å²) in [5.74, 6) is 0. The van der Waals surface area contributed by atoms with Gasteiger partial charge in [-0.15, -0.1) is 0 Å². The van der Waals surface area contributed by atoms with Gasteiger partial charge >= 0.3 is 6.18 Å². The lowest BCUT2D eigenvalue weighted by Gasteiger charge is -2.03. The Morgan fingerprint density at radius 2 is 1.79 bits per heavy atom. The third-order valence-corrected chi connectivity index (χ3v) is 5.88. The number of hydrogen-bond acceptors (Lipinski definition) is 2. The van der Waals surface area contributed by atoms with E-state index in [0.29, 0.717) is 17.3 Å². The molecular formula is C20H17BrF3NO2S. The predicted octanol–water partition coefficient (Wildman–Crippen LogP) is 5.82. The fourth-order valence-corrected chi connectivity index (χ4v) is 3.83. The SMILES string of the molecule is CS(=O)(=O)c1ccc2c(c1)c(Cc1ccc(Br)cc1)cn2/C=C/CC(F)(F)F. The van der Waals surface area contributed by atoms with Crippen molar-refractivity contribution < 1.29 is 21.6 Å². The molecule has 0 aliphatic carbocycles. The highest BCUT2D eigenvalue weighted by Crippen LogP contribution is 2.28. The molecule has 0 bridgehead atoms. The van der Waals surface area contributed by atoms with Crippen molar-refractivity contribution in [3.8, 4) is 0 Å². The van der Waals surface area contributed by atoms with Crippen LogP contribution in [0.2, 0.25) is 0 Å². The van der Waals surface area contributed by atoms with Gasteiger partial charge in [-0.3, -0.25) is 0 Å². The summed E-state index contributed by atoms with van der Waals surface area (Å²) < 4.78 is 63.7. The molecule has 0 amide bonds. The highest BCUT2D eigenvalue weighted by molar-refractivity contribution is 9.10. The van der Waals surface area contributed by atoms with E-state index in [-0.39, 0.29) is 4.90 Å². The number of allylic oxidation sites excluding steroid dienone is 1. The van der Waals surface area contributed by atoms with Gasteiger partial charge < -0.3 is 4.57 Å². The number of rotatable bonds is 5. The number of sulfone groups is 1. The van der Waals surface area contributed by atoms with E-state index in [9.17, 15) is 21.6 Å². The molecule has 0 fully saturated rings. The number of nitrogens with zero attached hydrogens (tertiary/aromatic N) is 1. The van der Waals surface area contributed by atoms with Crippen LogP contribution in [0.4, 0.5) is 13.2 Å². The molecular weight excluding hydrogens is 455 g/mol. The maximum atomic E-state index is 12.5. The molecule has 0 N–H and O–H groups in total. The molecule has 1 heterocycles. The first-order valence-corrected chi connectivity index (χ1v) is 11.0. The van der Waals surface area contributed by atoms with Crippen LogP contribution in [0.25, 0.3) is 17.1 Å². The zero-order valence-electron chi connectivity index (χ0n) is 14.9. The largest absolute Gasteiger partial charge is 0.392 e. The Hall–Kier alpha value is -2.06. The van der Waals surface area contributed by atoms with Crippen molar-refractivity contribution >= 4 is 42.9 Å². The smallest absolute Gasteiger partial charge is 0.323 e. The Bertz CT molecular complexity index is 1130. The molecule has 0 saturated heterocycles. The molecule has 3 nitrogen and oxygen atoms in total. The summed E-state index contributed by atoms with van der Waals surface area (Å²) in [6, 6.07) is 12.3. The molecule has 28 heavy (non-hydrogen) atoms. The van der Waals surface area contributed by atoms with Gasteiger partial charge in [0.15, 0.2) is 9.84 Å². The third-order valence-electron chi connectivity index (χ3n) is 4.24. The van der Waals surface area contributed by atoms with Crippen molar-refractivity contribution in [3.63, 3.8) is 0 Å². The van der Waals surface area contributed by atoms with Crippen LogP contribution in [0.1, 0.15) is 17.5 Å². The van der Waals surface area contributed by atoms with Gasteiger partial charge in [-0.25, -0.2) is 8.42 Å². The van der Waals surface area contributed by atoms with Crippen molar-refractivity contribution in [2.24, 2.45) is 0 Å². The van der Waals surface area contributed by atoms with Crippen LogP contribution in [0, 0.1) is 0 Å². The molecule has 0 aliphatic rings. The second kappa shape index (κ2) is 7.75. The van der Waals surface area contributed by atoms with Gasteiger partial charge in [-0.2, -0.15) is 13.2 Å². The van der Waals surface area contributed by atoms with Crippen LogP contribution < -0.4 is 0 Å². The minimum Gasteiger partial charge on any atom is -0.323 e. The average molecular weight is 472 g/mol. The molecule has 0 aliphatic heterocycles. The molecule has 0 radical (unpaired) electrons. The van der Waals surface area contributed by atoms with Crippen molar-refractivity contribution in [1.29, 1.82) is 0 Å². The standard InChI is InChI=1S/C20H17BrF3NO2S/c1-28(26,27)17-7-8-19-18(12-17)15(11-14-3-5-16(21)6-4-14)13-25(19)10-2-9-20(22,23)24/h2-8,10,12-13H,9,11H2,1H3/b10-2+. The predicted molar refractivity (Wildman–Crippen MR) is 108 cm³/mol. The number of halogens is 4. The topological polar surface area (TPSA) is 39.1 Å². The van der Waals surface area contributed by atoms with Gasteiger partial charge in [0, 0.05) is 28.5 Å². The summed E-state index contributed by atoms with van der Waals surface area (Å²) in [6.45, 7) is 0. The molecule has 148 valence electrons. The highest BCUT2D eigenvalue weighted by Gasteiger charge is 2.24. The Morgan fingerprint density at radius 1 is 1.11 bits per heavy atom. The van der Waals surface area contributed by atoms with Crippen LogP contribution in [-0.4, -0.2) is 25.4 Å². The molecule has 0 atom stereocenters. The lowest BCUT2D eigenvalue weighted by molar-refractivity contribution is -0.124. The number of fused-ring (bicyclic) bond motifs is 1. The third kappa shape index (κ3) is 5.05. The van der Waals surface area contributed by atoms with Gasteiger partial charge in [-0.05, 0) is 47.9 Å². The molecule has 0 unspecified atom stereocenters. The summed E-state index contributed by atoms with van der Waals surface area (Å²) in [7, 11) is -3.40. The van der Waals surface area contributed by atoms with E-state index in [1.807, 2.05) is 24.3 Å². The summed E-state index contributed by atoms with van der Waals surface area (Å²) in [5, 5.41) is 0.697. The first-order chi connectivity index (χ1) is 13.0. The molecule has 1 aromatic heterocycles. The molecule has 3 rings (SSSR count). The van der Waals surface area contributed by atoms with Gasteiger partial charge in [0.1, 0.15) is 0 Å². The Morgan fingerprint density at radius 3 is 2.39 bits per heavy atom. The van der Waals surface area contributed by atoms with Gasteiger partial charge in [-0.1, -0.05) is 34.1 Å². The zero-order valence-corrected chi connectivity index (χ0v) is 17.3. The highest BCUT2D eigenvalue weighted by atomic mass is 79.9. The fourth-order valence-electron chi connectivity index (χ4n) is 2.92. The normalized spacial score (nSPS) is 12.9. The second-order valence-corrected chi connectivity index (χ2v) is 9.45. The first-order valence-electron chi connectivity index (χ1n) is 8.34. The second-order valence-electron chi connectivity index (χ2n) is 6.52. The lowest BCUT2D eigenvalue weighted by Crippen LogP contribution is -2.04. The summed E-state index contributed by atoms with van der Waals surface area (Å²) in [4.78, 5) is 0.175. The Kier molecular flexibility index (Phi) is 5.72. The average Bonchev–Trinajstić information content (AvgIpc) is 2.92. The Balaban J connectivity index is 2.07. The number of hydrogen-bond donors (Lipinski definition) is 0. The molecule has 8 heteroatoms. The zero-order chi connectivity index (χ0) is 20.5. The molecule has 0 spiro atoms. The summed E-state index contributed by atoms with van der Waals surface area (Å²) >= 11 is 3.38. The van der Waals surface area contributed by atoms with E-state index < -0.39 is 22.4 Å². The minimum absolute atomic E-state index is 0.175. The quantitative estimate of drug-likeness (QED) is 0.470. The van der Waals surface area contributed by atoms with Crippen LogP contribution in [-0.2, 0) is 16.3 Å². The van der Waals surface area contributed by atoms with Gasteiger partial charge in [0.2, 0.25) is 0 Å². The van der Waals surface area contributed by atoms with Crippen LogP contribution in [0.15, 0.2) is 64.1 Å². The van der Waals surface area contributed by atoms with E-state index >= 15 is 0 Å². The summed E-state index contributed by atoms with van der Waals surface area (Å²) in [6.07, 6.45) is 0.499. The molecule has 2 aromatic carbocycles. The molecule has 0 saturated carbocycles. The lowest BCUT2D eigenvalue weighted by atomic mass is 10.0. The van der Waals surface area contributed by atoms with Gasteiger partial charge in [0.25, 0.3) is 0 Å². The van der Waals surface area contributed by atoms with Crippen molar-refractivity contribution in [1.82, 2.24) is 4.57 Å². The minimum atomic E-state index is -4.27. The number of benzene rings is 2. The molecule has 3 aromatic rings. The van der Waals surface area contributed by atoms with Crippen molar-refractivity contribution in [2.75, 3.05) is 6.26 Å². The maximum Gasteiger partial charge on any atom is 0.392 e. The van der Waals surface area contributed by atoms with Crippen LogP contribution in [0.3, 0.4) is 0 Å². The van der Waals surface area contributed by atoms with Gasteiger partial charge in [0.05, 0.1) is 16.8 Å². The fraction of sp³-hybridized carbons (Fsp3) is 0.200. The summed E-state index contributed by atoms with van der Waals surface area (Å²) in [5.41, 5.74) is 2.49. The van der Waals surface area contributed by atoms with Crippen LogP contribution in [0.5, 0.6) is 0 Å². The number of alkyl halides is 3. The Labute approximate surface area is 169 Å². The first kappa shape index (κ1) is 20.7. The van der Waals surface area contributed by atoms with Crippen molar-refractivity contribution in [3.05, 3.63) is 70.3 Å². The maximum absolute atomic E-state index is 12.5. The van der Waals surface area contributed by atoms with Crippen molar-refractivity contribution in [2.45, 2.75) is 23.9 Å². The van der Waals surface area contributed by atoms with Crippen LogP contribution >= 0.6 is 15.9 Å². The van der Waals surface area contributed by atoms with E-state index in [1.54, 1.807) is 22.9 Å². The van der Waals surface area contributed by atoms with E-state index in [0.717, 1.165) is 27.9 Å². The monoisotopic (exact) mass is 471 g/mol. The van der Waals surface area contributed by atoms with E-state index in [1.165, 1.54) is 12.3 Å². The van der Waals surface area contributed by atoms with E-state index in [2.05, 4.69) is 15.9 Å².